The van der Waals surface area contributed by atoms with Crippen LogP contribution in [-0.2, 0) is 19.1 Å². The van der Waals surface area contributed by atoms with E-state index in [0.29, 0.717) is 26.1 Å². The fourth-order valence-electron chi connectivity index (χ4n) is 6.51. The van der Waals surface area contributed by atoms with Crippen molar-refractivity contribution in [1.82, 2.24) is 9.80 Å². The van der Waals surface area contributed by atoms with Gasteiger partial charge >= 0.3 is 11.9 Å². The van der Waals surface area contributed by atoms with Gasteiger partial charge in [0.05, 0.1) is 13.2 Å². The first-order chi connectivity index (χ1) is 23.4. The smallest absolute Gasteiger partial charge is 0.305 e. The molecule has 0 aromatic heterocycles. The molecule has 6 nitrogen and oxygen atoms in total. The van der Waals surface area contributed by atoms with E-state index in [1.165, 1.54) is 141 Å². The molecule has 0 N–H and O–H groups in total. The lowest BCUT2D eigenvalue weighted by atomic mass is 9.93. The van der Waals surface area contributed by atoms with Crippen molar-refractivity contribution in [3.63, 3.8) is 0 Å². The molecule has 0 bridgehead atoms. The topological polar surface area (TPSA) is 59.1 Å². The van der Waals surface area contributed by atoms with Gasteiger partial charge in [-0.3, -0.25) is 9.59 Å². The van der Waals surface area contributed by atoms with Gasteiger partial charge < -0.3 is 19.3 Å². The monoisotopic (exact) mass is 681 g/mol. The largest absolute Gasteiger partial charge is 0.466 e. The summed E-state index contributed by atoms with van der Waals surface area (Å²) in [7, 11) is 6.58. The van der Waals surface area contributed by atoms with Crippen molar-refractivity contribution in [3.05, 3.63) is 0 Å². The third kappa shape index (κ3) is 36.1. The molecule has 6 heteroatoms. The summed E-state index contributed by atoms with van der Waals surface area (Å²) in [5.74, 6) is 0.749. The number of esters is 2. The SMILES string of the molecule is CCCCCCCCCCOC(=O)CCCCCCCC(CCCCCCCC(=O)OCCCCCCCCC)CN(C)CCN(C)C. The molecule has 0 aliphatic carbocycles. The van der Waals surface area contributed by atoms with Crippen molar-refractivity contribution < 1.29 is 19.1 Å². The van der Waals surface area contributed by atoms with Gasteiger partial charge in [0.1, 0.15) is 0 Å². The predicted octanol–water partition coefficient (Wildman–Crippen LogP) is 11.5. The molecule has 0 aliphatic heterocycles. The molecule has 0 spiro atoms. The molecule has 0 radical (unpaired) electrons. The Kier molecular flexibility index (Phi) is 36.2. The lowest BCUT2D eigenvalue weighted by molar-refractivity contribution is -0.144. The molecule has 0 aromatic rings. The van der Waals surface area contributed by atoms with Crippen molar-refractivity contribution >= 4 is 11.9 Å². The van der Waals surface area contributed by atoms with E-state index >= 15 is 0 Å². The number of hydrogen-bond acceptors (Lipinski definition) is 6. The number of carbonyl (C=O) groups excluding carboxylic acids is 2. The summed E-state index contributed by atoms with van der Waals surface area (Å²) in [6, 6.07) is 0. The van der Waals surface area contributed by atoms with Crippen molar-refractivity contribution in [2.45, 2.75) is 200 Å². The molecule has 48 heavy (non-hydrogen) atoms. The van der Waals surface area contributed by atoms with Crippen molar-refractivity contribution in [1.29, 1.82) is 0 Å². The van der Waals surface area contributed by atoms with Crippen LogP contribution in [0.3, 0.4) is 0 Å². The molecular weight excluding hydrogens is 596 g/mol. The van der Waals surface area contributed by atoms with E-state index in [0.717, 1.165) is 57.5 Å². The van der Waals surface area contributed by atoms with Gasteiger partial charge in [0, 0.05) is 32.5 Å². The number of hydrogen-bond donors (Lipinski definition) is 0. The van der Waals surface area contributed by atoms with E-state index in [1.807, 2.05) is 0 Å². The molecular formula is C42H84N2O4. The van der Waals surface area contributed by atoms with Crippen LogP contribution in [0.4, 0.5) is 0 Å². The first kappa shape index (κ1) is 46.9. The van der Waals surface area contributed by atoms with Gasteiger partial charge in [-0.1, -0.05) is 149 Å². The molecule has 0 aromatic carbocycles. The quantitative estimate of drug-likeness (QED) is 0.0478. The molecule has 1 unspecified atom stereocenters. The maximum absolute atomic E-state index is 12.1. The normalized spacial score (nSPS) is 12.2. The maximum Gasteiger partial charge on any atom is 0.305 e. The molecule has 0 saturated heterocycles. The van der Waals surface area contributed by atoms with Crippen LogP contribution in [-0.4, -0.2) is 75.7 Å². The number of carbonyl (C=O) groups is 2. The van der Waals surface area contributed by atoms with Crippen LogP contribution in [0.1, 0.15) is 200 Å². The zero-order valence-corrected chi connectivity index (χ0v) is 33.1. The highest BCUT2D eigenvalue weighted by Crippen LogP contribution is 2.20. The zero-order valence-electron chi connectivity index (χ0n) is 33.1. The summed E-state index contributed by atoms with van der Waals surface area (Å²) >= 11 is 0. The fourth-order valence-corrected chi connectivity index (χ4v) is 6.51. The molecule has 1 atom stereocenters. The van der Waals surface area contributed by atoms with Crippen LogP contribution in [0.25, 0.3) is 0 Å². The molecule has 0 saturated carbocycles. The Morgan fingerprint density at radius 3 is 1.21 bits per heavy atom. The Balaban J connectivity index is 3.97. The lowest BCUT2D eigenvalue weighted by Crippen LogP contribution is -2.32. The highest BCUT2D eigenvalue weighted by molar-refractivity contribution is 5.69. The number of ether oxygens (including phenoxy) is 2. The summed E-state index contributed by atoms with van der Waals surface area (Å²) in [5, 5.41) is 0. The number of rotatable bonds is 38. The highest BCUT2D eigenvalue weighted by Gasteiger charge is 2.12. The zero-order chi connectivity index (χ0) is 35.3. The summed E-state index contributed by atoms with van der Waals surface area (Å²) < 4.78 is 10.9. The van der Waals surface area contributed by atoms with E-state index < -0.39 is 0 Å². The summed E-state index contributed by atoms with van der Waals surface area (Å²) in [4.78, 5) is 28.9. The van der Waals surface area contributed by atoms with Crippen LogP contribution in [0.5, 0.6) is 0 Å². The standard InChI is InChI=1S/C42H84N2O4/c1-6-8-10-12-14-16-24-30-38-48-42(46)34-28-22-18-20-26-32-40(39-44(5)36-35-43(3)4)31-25-19-17-21-27-33-41(45)47-37-29-23-15-13-11-9-7-2/h40H,6-39H2,1-5H3. The Labute approximate surface area is 300 Å². The fraction of sp³-hybridized carbons (Fsp3) is 0.952. The maximum atomic E-state index is 12.1. The minimum absolute atomic E-state index is 0.00231. The average Bonchev–Trinajstić information content (AvgIpc) is 3.06. The second kappa shape index (κ2) is 37.1. The second-order valence-electron chi connectivity index (χ2n) is 15.1. The number of likely N-dealkylation sites (N-methyl/N-ethyl adjacent to an activating group) is 2. The molecule has 286 valence electrons. The van der Waals surface area contributed by atoms with Gasteiger partial charge in [0.25, 0.3) is 0 Å². The predicted molar refractivity (Wildman–Crippen MR) is 207 cm³/mol. The first-order valence-electron chi connectivity index (χ1n) is 21.0. The summed E-state index contributed by atoms with van der Waals surface area (Å²) in [6.45, 7) is 9.12. The average molecular weight is 681 g/mol. The third-order valence-corrected chi connectivity index (χ3v) is 9.76. The van der Waals surface area contributed by atoms with Gasteiger partial charge in [0.15, 0.2) is 0 Å². The van der Waals surface area contributed by atoms with Crippen molar-refractivity contribution in [2.75, 3.05) is 54.0 Å². The minimum atomic E-state index is -0.00387. The Morgan fingerprint density at radius 1 is 0.458 bits per heavy atom. The van der Waals surface area contributed by atoms with Gasteiger partial charge in [-0.05, 0) is 65.6 Å². The van der Waals surface area contributed by atoms with Crippen LogP contribution in [0, 0.1) is 5.92 Å². The van der Waals surface area contributed by atoms with Crippen LogP contribution in [0.15, 0.2) is 0 Å². The lowest BCUT2D eigenvalue weighted by Gasteiger charge is -2.25. The Morgan fingerprint density at radius 2 is 0.812 bits per heavy atom. The number of unbranched alkanes of at least 4 members (excludes halogenated alkanes) is 21. The summed E-state index contributed by atoms with van der Waals surface area (Å²) in [6.07, 6.45) is 34.4. The molecule has 0 amide bonds. The van der Waals surface area contributed by atoms with Gasteiger partial charge in [0.2, 0.25) is 0 Å². The van der Waals surface area contributed by atoms with Crippen LogP contribution >= 0.6 is 0 Å². The Bertz CT molecular complexity index is 687. The Hall–Kier alpha value is -1.14. The minimum Gasteiger partial charge on any atom is -0.466 e. The molecule has 0 fully saturated rings. The van der Waals surface area contributed by atoms with Crippen LogP contribution in [0.2, 0.25) is 0 Å². The molecule has 0 heterocycles. The van der Waals surface area contributed by atoms with E-state index in [1.54, 1.807) is 0 Å². The van der Waals surface area contributed by atoms with E-state index in [-0.39, 0.29) is 11.9 Å². The summed E-state index contributed by atoms with van der Waals surface area (Å²) in [5.41, 5.74) is 0. The molecule has 0 rings (SSSR count). The first-order valence-corrected chi connectivity index (χ1v) is 21.0. The van der Waals surface area contributed by atoms with E-state index in [4.69, 9.17) is 9.47 Å². The third-order valence-electron chi connectivity index (χ3n) is 9.76. The molecule has 0 aliphatic rings. The van der Waals surface area contributed by atoms with Crippen molar-refractivity contribution in [2.24, 2.45) is 5.92 Å². The highest BCUT2D eigenvalue weighted by atomic mass is 16.5. The van der Waals surface area contributed by atoms with E-state index in [9.17, 15) is 9.59 Å². The van der Waals surface area contributed by atoms with Gasteiger partial charge in [-0.2, -0.15) is 0 Å². The van der Waals surface area contributed by atoms with Gasteiger partial charge in [-0.25, -0.2) is 0 Å². The van der Waals surface area contributed by atoms with Crippen LogP contribution < -0.4 is 0 Å². The van der Waals surface area contributed by atoms with Crippen molar-refractivity contribution in [3.8, 4) is 0 Å². The van der Waals surface area contributed by atoms with Gasteiger partial charge in [-0.15, -0.1) is 0 Å². The second-order valence-corrected chi connectivity index (χ2v) is 15.1. The number of nitrogens with zero attached hydrogens (tertiary/aromatic N) is 2. The van der Waals surface area contributed by atoms with E-state index in [2.05, 4.69) is 44.8 Å².